The van der Waals surface area contributed by atoms with Gasteiger partial charge in [0.05, 0.1) is 30.2 Å². The van der Waals surface area contributed by atoms with E-state index >= 15 is 0 Å². The molecular weight excluding hydrogens is 406 g/mol. The molecule has 158 valence electrons. The predicted molar refractivity (Wildman–Crippen MR) is 110 cm³/mol. The van der Waals surface area contributed by atoms with Crippen LogP contribution in [-0.4, -0.2) is 55.8 Å². The van der Waals surface area contributed by atoms with Gasteiger partial charge in [-0.15, -0.1) is 0 Å². The Hall–Kier alpha value is -2.75. The predicted octanol–water partition coefficient (Wildman–Crippen LogP) is 2.69. The van der Waals surface area contributed by atoms with E-state index in [1.807, 2.05) is 30.3 Å². The molecule has 4 rings (SSSR count). The molecule has 2 heterocycles. The Morgan fingerprint density at radius 3 is 2.63 bits per heavy atom. The van der Waals surface area contributed by atoms with Gasteiger partial charge in [0.1, 0.15) is 11.9 Å². The van der Waals surface area contributed by atoms with Gasteiger partial charge >= 0.3 is 0 Å². The summed E-state index contributed by atoms with van der Waals surface area (Å²) in [6.45, 7) is 2.87. The summed E-state index contributed by atoms with van der Waals surface area (Å²) in [6.07, 6.45) is 0.304. The molecule has 0 spiro atoms. The first-order valence-corrected chi connectivity index (χ1v) is 11.1. The Balaban J connectivity index is 1.45. The third kappa shape index (κ3) is 4.09. The Morgan fingerprint density at radius 1 is 1.13 bits per heavy atom. The fraction of sp³-hybridized carbons (Fsp3) is 0.333. The minimum Gasteiger partial charge on any atom is -0.487 e. The van der Waals surface area contributed by atoms with Crippen LogP contribution in [0.25, 0.3) is 11.5 Å². The Kier molecular flexibility index (Phi) is 5.85. The second-order valence-corrected chi connectivity index (χ2v) is 8.99. The largest absolute Gasteiger partial charge is 0.487 e. The van der Waals surface area contributed by atoms with Crippen LogP contribution >= 0.6 is 0 Å². The second-order valence-electron chi connectivity index (χ2n) is 7.08. The average Bonchev–Trinajstić information content (AvgIpc) is 3.18. The molecular formula is C21H23N3O5S. The highest BCUT2D eigenvalue weighted by molar-refractivity contribution is 7.89. The van der Waals surface area contributed by atoms with Crippen molar-refractivity contribution in [3.63, 3.8) is 0 Å². The van der Waals surface area contributed by atoms with Gasteiger partial charge in [0.25, 0.3) is 5.89 Å². The summed E-state index contributed by atoms with van der Waals surface area (Å²) in [7, 11) is -1.91. The maximum Gasteiger partial charge on any atom is 0.261 e. The van der Waals surface area contributed by atoms with E-state index in [4.69, 9.17) is 14.0 Å². The maximum absolute atomic E-state index is 12.8. The summed E-state index contributed by atoms with van der Waals surface area (Å²) in [5, 5.41) is 3.96. The number of rotatable bonds is 8. The zero-order valence-electron chi connectivity index (χ0n) is 16.8. The first kappa shape index (κ1) is 20.5. The molecule has 0 bridgehead atoms. The smallest absolute Gasteiger partial charge is 0.261 e. The van der Waals surface area contributed by atoms with Crippen molar-refractivity contribution in [2.45, 2.75) is 24.3 Å². The number of ether oxygens (including phenoxy) is 2. The third-order valence-electron chi connectivity index (χ3n) is 4.93. The number of aromatic nitrogens is 2. The number of benzene rings is 2. The lowest BCUT2D eigenvalue weighted by Gasteiger charge is -2.38. The molecule has 1 fully saturated rings. The van der Waals surface area contributed by atoms with Crippen LogP contribution in [0.15, 0.2) is 57.9 Å². The minimum atomic E-state index is -3.53. The van der Waals surface area contributed by atoms with Crippen molar-refractivity contribution in [3.05, 3.63) is 59.9 Å². The summed E-state index contributed by atoms with van der Waals surface area (Å²) >= 11 is 0. The minimum absolute atomic E-state index is 0.249. The molecule has 0 aliphatic carbocycles. The van der Waals surface area contributed by atoms with E-state index < -0.39 is 10.0 Å². The van der Waals surface area contributed by atoms with Crippen molar-refractivity contribution in [3.8, 4) is 17.2 Å². The van der Waals surface area contributed by atoms with Gasteiger partial charge in [-0.05, 0) is 30.7 Å². The van der Waals surface area contributed by atoms with Crippen molar-refractivity contribution >= 4 is 10.0 Å². The van der Waals surface area contributed by atoms with Gasteiger partial charge in [0.2, 0.25) is 10.0 Å². The monoisotopic (exact) mass is 429 g/mol. The van der Waals surface area contributed by atoms with E-state index in [1.165, 1.54) is 4.31 Å². The summed E-state index contributed by atoms with van der Waals surface area (Å²) < 4.78 is 43.6. The highest BCUT2D eigenvalue weighted by Crippen LogP contribution is 2.32. The number of methoxy groups -OCH3 is 1. The Bertz CT molecular complexity index is 1120. The Morgan fingerprint density at radius 2 is 1.87 bits per heavy atom. The molecule has 0 unspecified atom stereocenters. The van der Waals surface area contributed by atoms with E-state index in [2.05, 4.69) is 10.1 Å². The lowest BCUT2D eigenvalue weighted by atomic mass is 10.2. The zero-order chi connectivity index (χ0) is 21.1. The van der Waals surface area contributed by atoms with Crippen molar-refractivity contribution in [1.29, 1.82) is 0 Å². The van der Waals surface area contributed by atoms with E-state index in [9.17, 15) is 8.42 Å². The van der Waals surface area contributed by atoms with Crippen LogP contribution < -0.4 is 4.74 Å². The topological polar surface area (TPSA) is 94.8 Å². The molecule has 1 aliphatic rings. The zero-order valence-corrected chi connectivity index (χ0v) is 17.6. The summed E-state index contributed by atoms with van der Waals surface area (Å²) in [4.78, 5) is 4.72. The van der Waals surface area contributed by atoms with E-state index in [-0.39, 0.29) is 19.2 Å². The standard InChI is InChI=1S/C21H23N3O5S/c1-15-7-3-6-10-19(15)30(25,26)24-13-16(14-24)28-18-9-5-4-8-17(18)21-22-20(23-29-21)11-12-27-2/h3-10,16H,11-14H2,1-2H3. The molecule has 1 saturated heterocycles. The highest BCUT2D eigenvalue weighted by Gasteiger charge is 2.39. The van der Waals surface area contributed by atoms with Crippen molar-refractivity contribution in [2.75, 3.05) is 26.8 Å². The van der Waals surface area contributed by atoms with Gasteiger partial charge in [0.15, 0.2) is 5.82 Å². The lowest BCUT2D eigenvalue weighted by Crippen LogP contribution is -2.56. The van der Waals surface area contributed by atoms with Crippen molar-refractivity contribution < 1.29 is 22.4 Å². The molecule has 0 N–H and O–H groups in total. The molecule has 9 heteroatoms. The van der Waals surface area contributed by atoms with Crippen LogP contribution in [0.3, 0.4) is 0 Å². The number of hydrogen-bond acceptors (Lipinski definition) is 7. The fourth-order valence-corrected chi connectivity index (χ4v) is 4.97. The fourth-order valence-electron chi connectivity index (χ4n) is 3.24. The first-order valence-electron chi connectivity index (χ1n) is 9.62. The molecule has 30 heavy (non-hydrogen) atoms. The SMILES string of the molecule is COCCc1noc(-c2ccccc2OC2CN(S(=O)(=O)c3ccccc3C)C2)n1. The van der Waals surface area contributed by atoms with Crippen LogP contribution in [0.2, 0.25) is 0 Å². The van der Waals surface area contributed by atoms with Crippen LogP contribution in [-0.2, 0) is 21.2 Å². The molecule has 8 nitrogen and oxygen atoms in total. The highest BCUT2D eigenvalue weighted by atomic mass is 32.2. The van der Waals surface area contributed by atoms with Crippen LogP contribution in [0.4, 0.5) is 0 Å². The molecule has 2 aromatic carbocycles. The molecule has 0 atom stereocenters. The van der Waals surface area contributed by atoms with E-state index in [0.717, 1.165) is 5.56 Å². The van der Waals surface area contributed by atoms with E-state index in [1.54, 1.807) is 32.2 Å². The quantitative estimate of drug-likeness (QED) is 0.543. The molecule has 1 aliphatic heterocycles. The van der Waals surface area contributed by atoms with Gasteiger partial charge in [-0.25, -0.2) is 8.42 Å². The van der Waals surface area contributed by atoms with Gasteiger partial charge in [-0.1, -0.05) is 35.5 Å². The Labute approximate surface area is 175 Å². The van der Waals surface area contributed by atoms with Crippen LogP contribution in [0, 0.1) is 6.92 Å². The number of para-hydroxylation sites is 1. The van der Waals surface area contributed by atoms with Crippen LogP contribution in [0.1, 0.15) is 11.4 Å². The van der Waals surface area contributed by atoms with Crippen molar-refractivity contribution in [2.24, 2.45) is 0 Å². The first-order chi connectivity index (χ1) is 14.5. The summed E-state index contributed by atoms with van der Waals surface area (Å²) in [5.74, 6) is 1.50. The molecule has 0 saturated carbocycles. The maximum atomic E-state index is 12.8. The van der Waals surface area contributed by atoms with Crippen LogP contribution in [0.5, 0.6) is 5.75 Å². The van der Waals surface area contributed by atoms with Gasteiger partial charge < -0.3 is 14.0 Å². The molecule has 3 aromatic rings. The van der Waals surface area contributed by atoms with E-state index in [0.29, 0.717) is 41.0 Å². The van der Waals surface area contributed by atoms with Crippen molar-refractivity contribution in [1.82, 2.24) is 14.4 Å². The van der Waals surface area contributed by atoms with Gasteiger partial charge in [-0.2, -0.15) is 9.29 Å². The number of sulfonamides is 1. The summed E-state index contributed by atoms with van der Waals surface area (Å²) in [6, 6.07) is 14.3. The third-order valence-corrected chi connectivity index (χ3v) is 6.93. The summed E-state index contributed by atoms with van der Waals surface area (Å²) in [5.41, 5.74) is 1.40. The lowest BCUT2D eigenvalue weighted by molar-refractivity contribution is 0.0765. The van der Waals surface area contributed by atoms with Gasteiger partial charge in [0, 0.05) is 13.5 Å². The number of hydrogen-bond donors (Lipinski definition) is 0. The number of aryl methyl sites for hydroxylation is 1. The number of nitrogens with zero attached hydrogens (tertiary/aromatic N) is 3. The molecule has 1 aromatic heterocycles. The molecule has 0 amide bonds. The normalized spacial score (nSPS) is 15.1. The second kappa shape index (κ2) is 8.55. The average molecular weight is 429 g/mol. The molecule has 0 radical (unpaired) electrons. The van der Waals surface area contributed by atoms with Gasteiger partial charge in [-0.3, -0.25) is 0 Å².